The normalized spacial score (nSPS) is 23.6. The second-order valence-corrected chi connectivity index (χ2v) is 6.52. The molecule has 3 nitrogen and oxygen atoms in total. The highest BCUT2D eigenvalue weighted by Crippen LogP contribution is 2.17. The highest BCUT2D eigenvalue weighted by Gasteiger charge is 2.19. The van der Waals surface area contributed by atoms with E-state index in [1.54, 1.807) is 11.8 Å². The summed E-state index contributed by atoms with van der Waals surface area (Å²) in [5.41, 5.74) is 5.84. The Hall–Kier alpha value is 0.0700. The molecule has 0 bridgehead atoms. The van der Waals surface area contributed by atoms with Gasteiger partial charge in [-0.15, -0.1) is 12.4 Å². The predicted octanol–water partition coefficient (Wildman–Crippen LogP) is 2.57. The number of carbonyl (C=O) groups excluding carboxylic acids is 1. The predicted molar refractivity (Wildman–Crippen MR) is 82.4 cm³/mol. The molecule has 1 saturated carbocycles. The molecular weight excluding hydrogens is 268 g/mol. The minimum absolute atomic E-state index is 0. The minimum atomic E-state index is 0. The van der Waals surface area contributed by atoms with Crippen molar-refractivity contribution in [3.8, 4) is 0 Å². The Labute approximate surface area is 121 Å². The molecule has 5 heteroatoms. The quantitative estimate of drug-likeness (QED) is 0.740. The Balaban J connectivity index is 0.00000289. The third-order valence-electron chi connectivity index (χ3n) is 3.21. The van der Waals surface area contributed by atoms with E-state index < -0.39 is 0 Å². The number of thioether (sulfide) groups is 1. The largest absolute Gasteiger partial charge is 0.353 e. The van der Waals surface area contributed by atoms with Gasteiger partial charge in [-0.3, -0.25) is 4.79 Å². The number of rotatable bonds is 6. The van der Waals surface area contributed by atoms with Crippen LogP contribution in [0.25, 0.3) is 0 Å². The van der Waals surface area contributed by atoms with Crippen LogP contribution in [0.2, 0.25) is 0 Å². The van der Waals surface area contributed by atoms with Gasteiger partial charge in [0.15, 0.2) is 0 Å². The van der Waals surface area contributed by atoms with Crippen molar-refractivity contribution in [1.29, 1.82) is 0 Å². The summed E-state index contributed by atoms with van der Waals surface area (Å²) < 4.78 is 0. The van der Waals surface area contributed by atoms with E-state index in [2.05, 4.69) is 19.2 Å². The Morgan fingerprint density at radius 3 is 2.50 bits per heavy atom. The minimum Gasteiger partial charge on any atom is -0.353 e. The zero-order valence-corrected chi connectivity index (χ0v) is 13.1. The highest BCUT2D eigenvalue weighted by atomic mass is 35.5. The van der Waals surface area contributed by atoms with Crippen LogP contribution in [0.15, 0.2) is 0 Å². The monoisotopic (exact) mass is 294 g/mol. The first-order chi connectivity index (χ1) is 8.08. The maximum absolute atomic E-state index is 11.7. The lowest BCUT2D eigenvalue weighted by atomic mass is 9.92. The molecule has 108 valence electrons. The molecule has 0 atom stereocenters. The van der Waals surface area contributed by atoms with Crippen LogP contribution >= 0.6 is 24.2 Å². The van der Waals surface area contributed by atoms with Crippen molar-refractivity contribution in [1.82, 2.24) is 5.32 Å². The van der Waals surface area contributed by atoms with Crippen LogP contribution in [0, 0.1) is 5.92 Å². The van der Waals surface area contributed by atoms with Crippen molar-refractivity contribution in [2.24, 2.45) is 11.7 Å². The Morgan fingerprint density at radius 2 is 1.94 bits per heavy atom. The van der Waals surface area contributed by atoms with Crippen LogP contribution < -0.4 is 11.1 Å². The maximum Gasteiger partial charge on any atom is 0.230 e. The number of hydrogen-bond acceptors (Lipinski definition) is 3. The van der Waals surface area contributed by atoms with Crippen LogP contribution in [0.3, 0.4) is 0 Å². The third kappa shape index (κ3) is 8.22. The second kappa shape index (κ2) is 9.93. The SMILES string of the molecule is CC(C)CCSCC(=O)NC1CCC(N)CC1.Cl. The van der Waals surface area contributed by atoms with Gasteiger partial charge in [-0.1, -0.05) is 13.8 Å². The molecule has 0 aromatic heterocycles. The fraction of sp³-hybridized carbons (Fsp3) is 0.923. The first-order valence-corrected chi connectivity index (χ1v) is 7.86. The second-order valence-electron chi connectivity index (χ2n) is 5.41. The molecule has 0 heterocycles. The Bertz CT molecular complexity index is 231. The molecule has 0 unspecified atom stereocenters. The zero-order chi connectivity index (χ0) is 12.7. The van der Waals surface area contributed by atoms with Gasteiger partial charge in [-0.25, -0.2) is 0 Å². The van der Waals surface area contributed by atoms with Gasteiger partial charge in [0.05, 0.1) is 5.75 Å². The summed E-state index contributed by atoms with van der Waals surface area (Å²) in [5, 5.41) is 3.11. The number of halogens is 1. The number of amides is 1. The Morgan fingerprint density at radius 1 is 1.33 bits per heavy atom. The van der Waals surface area contributed by atoms with Crippen LogP contribution in [-0.4, -0.2) is 29.5 Å². The smallest absolute Gasteiger partial charge is 0.230 e. The van der Waals surface area contributed by atoms with E-state index in [0.29, 0.717) is 17.8 Å². The fourth-order valence-electron chi connectivity index (χ4n) is 2.02. The summed E-state index contributed by atoms with van der Waals surface area (Å²) in [6.07, 6.45) is 5.38. The van der Waals surface area contributed by atoms with Gasteiger partial charge in [0.2, 0.25) is 5.91 Å². The van der Waals surface area contributed by atoms with E-state index >= 15 is 0 Å². The van der Waals surface area contributed by atoms with Gasteiger partial charge in [-0.05, 0) is 43.8 Å². The van der Waals surface area contributed by atoms with Crippen molar-refractivity contribution in [2.45, 2.75) is 58.0 Å². The van der Waals surface area contributed by atoms with Gasteiger partial charge in [-0.2, -0.15) is 11.8 Å². The molecule has 1 amide bonds. The van der Waals surface area contributed by atoms with E-state index in [4.69, 9.17) is 5.73 Å². The molecule has 0 saturated heterocycles. The molecular formula is C13H27ClN2OS. The number of carbonyl (C=O) groups is 1. The molecule has 3 N–H and O–H groups in total. The summed E-state index contributed by atoms with van der Waals surface area (Å²) in [6, 6.07) is 0.719. The van der Waals surface area contributed by atoms with Gasteiger partial charge >= 0.3 is 0 Å². The molecule has 1 aliphatic carbocycles. The summed E-state index contributed by atoms with van der Waals surface area (Å²) >= 11 is 1.74. The van der Waals surface area contributed by atoms with Gasteiger partial charge in [0.1, 0.15) is 0 Å². The third-order valence-corrected chi connectivity index (χ3v) is 4.20. The molecule has 0 spiro atoms. The molecule has 0 aromatic carbocycles. The van der Waals surface area contributed by atoms with E-state index in [1.165, 1.54) is 6.42 Å². The summed E-state index contributed by atoms with van der Waals surface area (Å²) in [5.74, 6) is 2.61. The van der Waals surface area contributed by atoms with Gasteiger partial charge in [0.25, 0.3) is 0 Å². The zero-order valence-electron chi connectivity index (χ0n) is 11.5. The van der Waals surface area contributed by atoms with Crippen molar-refractivity contribution in [3.63, 3.8) is 0 Å². The van der Waals surface area contributed by atoms with Crippen LogP contribution in [0.4, 0.5) is 0 Å². The van der Waals surface area contributed by atoms with Crippen LogP contribution in [0.5, 0.6) is 0 Å². The molecule has 18 heavy (non-hydrogen) atoms. The van der Waals surface area contributed by atoms with Gasteiger partial charge in [0, 0.05) is 12.1 Å². The lowest BCUT2D eigenvalue weighted by molar-refractivity contribution is -0.119. The number of hydrogen-bond donors (Lipinski definition) is 2. The summed E-state index contributed by atoms with van der Waals surface area (Å²) in [4.78, 5) is 11.7. The van der Waals surface area contributed by atoms with Gasteiger partial charge < -0.3 is 11.1 Å². The standard InChI is InChI=1S/C13H26N2OS.ClH/c1-10(2)7-8-17-9-13(16)15-12-5-3-11(14)4-6-12;/h10-12H,3-9,14H2,1-2H3,(H,15,16);1H. The van der Waals surface area contributed by atoms with Crippen molar-refractivity contribution in [3.05, 3.63) is 0 Å². The van der Waals surface area contributed by atoms with E-state index in [1.807, 2.05) is 0 Å². The van der Waals surface area contributed by atoms with Crippen molar-refractivity contribution < 1.29 is 4.79 Å². The molecule has 0 aliphatic heterocycles. The lowest BCUT2D eigenvalue weighted by Gasteiger charge is -2.26. The average molecular weight is 295 g/mol. The van der Waals surface area contributed by atoms with E-state index in [0.717, 1.165) is 37.4 Å². The molecule has 1 rings (SSSR count). The van der Waals surface area contributed by atoms with Crippen molar-refractivity contribution in [2.75, 3.05) is 11.5 Å². The topological polar surface area (TPSA) is 55.1 Å². The maximum atomic E-state index is 11.7. The molecule has 1 fully saturated rings. The van der Waals surface area contributed by atoms with E-state index in [9.17, 15) is 4.79 Å². The molecule has 1 aliphatic rings. The first-order valence-electron chi connectivity index (χ1n) is 6.70. The summed E-state index contributed by atoms with van der Waals surface area (Å²) in [6.45, 7) is 4.43. The fourth-order valence-corrected chi connectivity index (χ4v) is 3.07. The van der Waals surface area contributed by atoms with Crippen LogP contribution in [0.1, 0.15) is 46.0 Å². The lowest BCUT2D eigenvalue weighted by Crippen LogP contribution is -2.41. The van der Waals surface area contributed by atoms with E-state index in [-0.39, 0.29) is 18.3 Å². The number of nitrogens with one attached hydrogen (secondary N) is 1. The van der Waals surface area contributed by atoms with Crippen LogP contribution in [-0.2, 0) is 4.79 Å². The Kier molecular flexibility index (Phi) is 9.97. The average Bonchev–Trinajstić information content (AvgIpc) is 2.27. The number of nitrogens with two attached hydrogens (primary N) is 1. The van der Waals surface area contributed by atoms with Crippen molar-refractivity contribution >= 4 is 30.1 Å². The summed E-state index contributed by atoms with van der Waals surface area (Å²) in [7, 11) is 0. The highest BCUT2D eigenvalue weighted by molar-refractivity contribution is 7.99. The first kappa shape index (κ1) is 18.1. The molecule has 0 radical (unpaired) electrons. The molecule has 0 aromatic rings.